The van der Waals surface area contributed by atoms with E-state index in [0.717, 1.165) is 42.1 Å². The summed E-state index contributed by atoms with van der Waals surface area (Å²) in [4.78, 5) is 2.20. The first-order valence-corrected chi connectivity index (χ1v) is 7.32. The summed E-state index contributed by atoms with van der Waals surface area (Å²) >= 11 is 0. The van der Waals surface area contributed by atoms with Gasteiger partial charge in [0.15, 0.2) is 0 Å². The third-order valence-corrected chi connectivity index (χ3v) is 4.30. The first kappa shape index (κ1) is 16.1. The van der Waals surface area contributed by atoms with Gasteiger partial charge in [0.25, 0.3) is 0 Å². The van der Waals surface area contributed by atoms with Gasteiger partial charge in [-0.1, -0.05) is 6.07 Å². The Hall–Kier alpha value is -1.30. The summed E-state index contributed by atoms with van der Waals surface area (Å²) in [5.41, 5.74) is 2.08. The lowest BCUT2D eigenvalue weighted by Crippen LogP contribution is -2.44. The SMILES string of the molecule is COc1ccc(CN2CC[C@H](CO)[C@H](O)C2)c(OC)c1C. The van der Waals surface area contributed by atoms with Crippen LogP contribution in [0.2, 0.25) is 0 Å². The van der Waals surface area contributed by atoms with Gasteiger partial charge in [0.2, 0.25) is 0 Å². The molecule has 0 saturated carbocycles. The normalized spacial score (nSPS) is 23.1. The fourth-order valence-electron chi connectivity index (χ4n) is 3.00. The van der Waals surface area contributed by atoms with Crippen LogP contribution in [-0.4, -0.2) is 55.1 Å². The molecule has 1 aromatic rings. The van der Waals surface area contributed by atoms with E-state index in [1.807, 2.05) is 19.1 Å². The molecule has 21 heavy (non-hydrogen) atoms. The molecule has 0 bridgehead atoms. The highest BCUT2D eigenvalue weighted by Crippen LogP contribution is 2.32. The van der Waals surface area contributed by atoms with Crippen molar-refractivity contribution < 1.29 is 19.7 Å². The first-order valence-electron chi connectivity index (χ1n) is 7.32. The topological polar surface area (TPSA) is 62.2 Å². The van der Waals surface area contributed by atoms with E-state index in [0.29, 0.717) is 6.54 Å². The average Bonchev–Trinajstić information content (AvgIpc) is 2.48. The van der Waals surface area contributed by atoms with Crippen molar-refractivity contribution in [1.82, 2.24) is 4.90 Å². The second kappa shape index (κ2) is 7.11. The number of benzene rings is 1. The van der Waals surface area contributed by atoms with E-state index in [4.69, 9.17) is 9.47 Å². The highest BCUT2D eigenvalue weighted by atomic mass is 16.5. The molecule has 0 unspecified atom stereocenters. The summed E-state index contributed by atoms with van der Waals surface area (Å²) in [6, 6.07) is 3.96. The molecule has 118 valence electrons. The van der Waals surface area contributed by atoms with Crippen LogP contribution in [0.4, 0.5) is 0 Å². The predicted octanol–water partition coefficient (Wildman–Crippen LogP) is 1.19. The molecule has 0 radical (unpaired) electrons. The van der Waals surface area contributed by atoms with Gasteiger partial charge in [-0.3, -0.25) is 4.90 Å². The average molecular weight is 295 g/mol. The van der Waals surface area contributed by atoms with E-state index < -0.39 is 6.10 Å². The van der Waals surface area contributed by atoms with Gasteiger partial charge in [-0.05, 0) is 26.0 Å². The summed E-state index contributed by atoms with van der Waals surface area (Å²) in [6.45, 7) is 4.22. The molecule has 0 aliphatic carbocycles. The van der Waals surface area contributed by atoms with E-state index >= 15 is 0 Å². The smallest absolute Gasteiger partial charge is 0.129 e. The highest BCUT2D eigenvalue weighted by molar-refractivity contribution is 5.49. The molecule has 1 saturated heterocycles. The van der Waals surface area contributed by atoms with Crippen molar-refractivity contribution in [3.63, 3.8) is 0 Å². The second-order valence-electron chi connectivity index (χ2n) is 5.62. The van der Waals surface area contributed by atoms with E-state index in [1.165, 1.54) is 0 Å². The Morgan fingerprint density at radius 3 is 2.62 bits per heavy atom. The number of piperidine rings is 1. The van der Waals surface area contributed by atoms with E-state index in [-0.39, 0.29) is 12.5 Å². The Balaban J connectivity index is 2.11. The van der Waals surface area contributed by atoms with Crippen LogP contribution in [0.15, 0.2) is 12.1 Å². The number of ether oxygens (including phenoxy) is 2. The molecule has 1 heterocycles. The Bertz CT molecular complexity index is 478. The molecule has 1 aliphatic rings. The maximum absolute atomic E-state index is 10.0. The molecule has 0 aromatic heterocycles. The maximum Gasteiger partial charge on any atom is 0.129 e. The lowest BCUT2D eigenvalue weighted by atomic mass is 9.94. The van der Waals surface area contributed by atoms with Gasteiger partial charge >= 0.3 is 0 Å². The van der Waals surface area contributed by atoms with Gasteiger partial charge in [-0.15, -0.1) is 0 Å². The number of nitrogens with zero attached hydrogens (tertiary/aromatic N) is 1. The summed E-state index contributed by atoms with van der Waals surface area (Å²) in [5.74, 6) is 1.66. The van der Waals surface area contributed by atoms with Crippen LogP contribution < -0.4 is 9.47 Å². The number of methoxy groups -OCH3 is 2. The van der Waals surface area contributed by atoms with Crippen molar-refractivity contribution in [2.75, 3.05) is 33.9 Å². The van der Waals surface area contributed by atoms with Crippen molar-refractivity contribution >= 4 is 0 Å². The number of likely N-dealkylation sites (tertiary alicyclic amines) is 1. The largest absolute Gasteiger partial charge is 0.496 e. The molecule has 1 fully saturated rings. The van der Waals surface area contributed by atoms with E-state index in [1.54, 1.807) is 14.2 Å². The first-order chi connectivity index (χ1) is 10.1. The van der Waals surface area contributed by atoms with Gasteiger partial charge in [0, 0.05) is 36.7 Å². The molecule has 0 spiro atoms. The predicted molar refractivity (Wildman–Crippen MR) is 80.8 cm³/mol. The van der Waals surface area contributed by atoms with Crippen molar-refractivity contribution in [1.29, 1.82) is 0 Å². The standard InChI is InChI=1S/C16H25NO4/c1-11-15(20-2)5-4-12(16(11)21-3)8-17-7-6-13(10-18)14(19)9-17/h4-5,13-14,18-19H,6-10H2,1-3H3/t13-,14-/m1/s1. The van der Waals surface area contributed by atoms with Gasteiger partial charge in [-0.25, -0.2) is 0 Å². The number of hydrogen-bond acceptors (Lipinski definition) is 5. The molecular weight excluding hydrogens is 270 g/mol. The van der Waals surface area contributed by atoms with E-state index in [2.05, 4.69) is 4.90 Å². The van der Waals surface area contributed by atoms with Crippen LogP contribution in [0.25, 0.3) is 0 Å². The highest BCUT2D eigenvalue weighted by Gasteiger charge is 2.27. The number of β-amino-alcohol motifs (C(OH)–C–C–N with tert-alkyl or cyclic N) is 1. The van der Waals surface area contributed by atoms with Gasteiger partial charge < -0.3 is 19.7 Å². The molecule has 2 rings (SSSR count). The Labute approximate surface area is 126 Å². The zero-order valence-electron chi connectivity index (χ0n) is 13.0. The monoisotopic (exact) mass is 295 g/mol. The number of aliphatic hydroxyl groups excluding tert-OH is 2. The second-order valence-corrected chi connectivity index (χ2v) is 5.62. The quantitative estimate of drug-likeness (QED) is 0.854. The van der Waals surface area contributed by atoms with Gasteiger partial charge in [0.1, 0.15) is 11.5 Å². The van der Waals surface area contributed by atoms with Crippen molar-refractivity contribution in [2.45, 2.75) is 26.0 Å². The van der Waals surface area contributed by atoms with Crippen LogP contribution in [-0.2, 0) is 6.54 Å². The Morgan fingerprint density at radius 1 is 1.29 bits per heavy atom. The third kappa shape index (κ3) is 3.48. The Kier molecular flexibility index (Phi) is 5.45. The summed E-state index contributed by atoms with van der Waals surface area (Å²) in [7, 11) is 3.32. The number of aliphatic hydroxyl groups is 2. The molecule has 1 aliphatic heterocycles. The lowest BCUT2D eigenvalue weighted by molar-refractivity contribution is -0.00463. The zero-order valence-corrected chi connectivity index (χ0v) is 13.0. The number of rotatable bonds is 5. The number of hydrogen-bond donors (Lipinski definition) is 2. The molecule has 0 amide bonds. The summed E-state index contributed by atoms with van der Waals surface area (Å²) in [6.07, 6.45) is 0.351. The van der Waals surface area contributed by atoms with Crippen molar-refractivity contribution in [2.24, 2.45) is 5.92 Å². The molecule has 2 N–H and O–H groups in total. The fourth-order valence-corrected chi connectivity index (χ4v) is 3.00. The van der Waals surface area contributed by atoms with Crippen LogP contribution in [0.1, 0.15) is 17.5 Å². The summed E-state index contributed by atoms with van der Waals surface area (Å²) < 4.78 is 10.8. The van der Waals surface area contributed by atoms with Crippen molar-refractivity contribution in [3.8, 4) is 11.5 Å². The van der Waals surface area contributed by atoms with Crippen LogP contribution in [0, 0.1) is 12.8 Å². The lowest BCUT2D eigenvalue weighted by Gasteiger charge is -2.35. The van der Waals surface area contributed by atoms with Gasteiger partial charge in [0.05, 0.1) is 20.3 Å². The molecule has 2 atom stereocenters. The minimum atomic E-state index is -0.464. The fraction of sp³-hybridized carbons (Fsp3) is 0.625. The molecule has 5 heteroatoms. The Morgan fingerprint density at radius 2 is 2.05 bits per heavy atom. The molecule has 1 aromatic carbocycles. The molecule has 5 nitrogen and oxygen atoms in total. The summed E-state index contributed by atoms with van der Waals surface area (Å²) in [5, 5.41) is 19.2. The van der Waals surface area contributed by atoms with Gasteiger partial charge in [-0.2, -0.15) is 0 Å². The third-order valence-electron chi connectivity index (χ3n) is 4.30. The maximum atomic E-state index is 10.0. The minimum absolute atomic E-state index is 0.000694. The van der Waals surface area contributed by atoms with E-state index in [9.17, 15) is 10.2 Å². The van der Waals surface area contributed by atoms with Crippen LogP contribution in [0.5, 0.6) is 11.5 Å². The molecular formula is C16H25NO4. The van der Waals surface area contributed by atoms with Crippen molar-refractivity contribution in [3.05, 3.63) is 23.3 Å². The van der Waals surface area contributed by atoms with Crippen LogP contribution in [0.3, 0.4) is 0 Å². The minimum Gasteiger partial charge on any atom is -0.496 e. The van der Waals surface area contributed by atoms with Crippen LogP contribution >= 0.6 is 0 Å². The zero-order chi connectivity index (χ0) is 15.4.